The molecule has 1 atom stereocenters. The van der Waals surface area contributed by atoms with Crippen LogP contribution < -0.4 is 5.32 Å². The summed E-state index contributed by atoms with van der Waals surface area (Å²) in [6.07, 6.45) is 0.602. The van der Waals surface area contributed by atoms with Crippen LogP contribution in [0.1, 0.15) is 23.8 Å². The van der Waals surface area contributed by atoms with Crippen molar-refractivity contribution in [3.63, 3.8) is 0 Å². The summed E-state index contributed by atoms with van der Waals surface area (Å²) in [5, 5.41) is 3.79. The lowest BCUT2D eigenvalue weighted by Gasteiger charge is -2.34. The number of fused-ring (bicyclic) bond motifs is 1. The number of piperazine rings is 1. The fraction of sp³-hybridized carbons (Fsp3) is 0.312. The molecule has 2 heterocycles. The van der Waals surface area contributed by atoms with Crippen molar-refractivity contribution < 1.29 is 9.59 Å². The quantitative estimate of drug-likeness (QED) is 0.910. The summed E-state index contributed by atoms with van der Waals surface area (Å²) < 4.78 is 0. The Kier molecular flexibility index (Phi) is 3.56. The minimum atomic E-state index is -0.403. The number of rotatable bonds is 2. The molecule has 1 aliphatic heterocycles. The second-order valence-electron chi connectivity index (χ2n) is 5.10. The van der Waals surface area contributed by atoms with Crippen LogP contribution in [-0.4, -0.2) is 40.8 Å². The van der Waals surface area contributed by atoms with E-state index in [0.717, 1.165) is 10.9 Å². The first-order valence-electron chi connectivity index (χ1n) is 7.15. The Labute approximate surface area is 123 Å². The van der Waals surface area contributed by atoms with E-state index in [0.29, 0.717) is 25.2 Å². The highest BCUT2D eigenvalue weighted by Gasteiger charge is 2.32. The third-order valence-electron chi connectivity index (χ3n) is 3.80. The van der Waals surface area contributed by atoms with Gasteiger partial charge in [-0.1, -0.05) is 31.2 Å². The Morgan fingerprint density at radius 3 is 2.95 bits per heavy atom. The molecule has 108 valence electrons. The van der Waals surface area contributed by atoms with Gasteiger partial charge in [-0.2, -0.15) is 0 Å². The van der Waals surface area contributed by atoms with Crippen LogP contribution >= 0.6 is 0 Å². The number of hydrogen-bond acceptors (Lipinski definition) is 3. The number of para-hydroxylation sites is 1. The summed E-state index contributed by atoms with van der Waals surface area (Å²) in [5.74, 6) is -0.264. The minimum absolute atomic E-state index is 0.0853. The van der Waals surface area contributed by atoms with Crippen molar-refractivity contribution in [3.05, 3.63) is 42.1 Å². The molecule has 1 saturated heterocycles. The zero-order valence-electron chi connectivity index (χ0n) is 11.9. The van der Waals surface area contributed by atoms with Gasteiger partial charge < -0.3 is 10.2 Å². The predicted octanol–water partition coefficient (Wildman–Crippen LogP) is 1.59. The number of benzene rings is 1. The maximum atomic E-state index is 12.6. The van der Waals surface area contributed by atoms with Crippen molar-refractivity contribution in [2.45, 2.75) is 19.4 Å². The topological polar surface area (TPSA) is 62.3 Å². The van der Waals surface area contributed by atoms with E-state index < -0.39 is 6.04 Å². The largest absolute Gasteiger partial charge is 0.353 e. The van der Waals surface area contributed by atoms with Gasteiger partial charge in [0, 0.05) is 18.5 Å². The van der Waals surface area contributed by atoms with E-state index in [1.165, 1.54) is 0 Å². The average Bonchev–Trinajstić information content (AvgIpc) is 2.53. The molecule has 1 aromatic heterocycles. The molecule has 1 fully saturated rings. The summed E-state index contributed by atoms with van der Waals surface area (Å²) >= 11 is 0. The summed E-state index contributed by atoms with van der Waals surface area (Å²) in [6, 6.07) is 10.9. The molecule has 5 nitrogen and oxygen atoms in total. The fourth-order valence-corrected chi connectivity index (χ4v) is 2.70. The molecule has 0 aliphatic carbocycles. The molecule has 0 radical (unpaired) electrons. The van der Waals surface area contributed by atoms with Crippen molar-refractivity contribution in [1.82, 2.24) is 15.2 Å². The maximum Gasteiger partial charge on any atom is 0.273 e. The van der Waals surface area contributed by atoms with Crippen molar-refractivity contribution in [3.8, 4) is 0 Å². The Morgan fingerprint density at radius 1 is 1.33 bits per heavy atom. The lowest BCUT2D eigenvalue weighted by atomic mass is 10.1. The Balaban J connectivity index is 1.93. The average molecular weight is 283 g/mol. The van der Waals surface area contributed by atoms with Gasteiger partial charge in [-0.25, -0.2) is 4.98 Å². The van der Waals surface area contributed by atoms with Crippen LogP contribution in [0.3, 0.4) is 0 Å². The number of nitrogens with zero attached hydrogens (tertiary/aromatic N) is 2. The first-order valence-corrected chi connectivity index (χ1v) is 7.15. The third-order valence-corrected chi connectivity index (χ3v) is 3.80. The van der Waals surface area contributed by atoms with Gasteiger partial charge in [0.05, 0.1) is 5.52 Å². The van der Waals surface area contributed by atoms with Gasteiger partial charge in [-0.3, -0.25) is 9.59 Å². The zero-order valence-corrected chi connectivity index (χ0v) is 11.9. The Bertz CT molecular complexity index is 699. The molecular weight excluding hydrogens is 266 g/mol. The van der Waals surface area contributed by atoms with E-state index in [-0.39, 0.29) is 11.8 Å². The van der Waals surface area contributed by atoms with Gasteiger partial charge in [0.2, 0.25) is 5.91 Å². The van der Waals surface area contributed by atoms with Crippen LogP contribution in [0.25, 0.3) is 10.9 Å². The van der Waals surface area contributed by atoms with Crippen molar-refractivity contribution in [2.75, 3.05) is 13.1 Å². The molecular formula is C16H17N3O2. The van der Waals surface area contributed by atoms with Crippen molar-refractivity contribution in [1.29, 1.82) is 0 Å². The van der Waals surface area contributed by atoms with Crippen LogP contribution in [0.5, 0.6) is 0 Å². The van der Waals surface area contributed by atoms with E-state index in [1.807, 2.05) is 37.3 Å². The first-order chi connectivity index (χ1) is 10.2. The van der Waals surface area contributed by atoms with Gasteiger partial charge in [0.1, 0.15) is 11.7 Å². The van der Waals surface area contributed by atoms with E-state index in [4.69, 9.17) is 0 Å². The molecule has 1 aromatic carbocycles. The summed E-state index contributed by atoms with van der Waals surface area (Å²) in [6.45, 7) is 2.93. The monoisotopic (exact) mass is 283 g/mol. The van der Waals surface area contributed by atoms with Gasteiger partial charge in [0.15, 0.2) is 0 Å². The standard InChI is InChI=1S/C16H17N3O2/c1-2-14-15(20)17-9-10-19(14)16(21)13-8-7-11-5-3-4-6-12(11)18-13/h3-8,14H,2,9-10H2,1H3,(H,17,20). The maximum absolute atomic E-state index is 12.6. The van der Waals surface area contributed by atoms with Crippen LogP contribution in [0.2, 0.25) is 0 Å². The zero-order chi connectivity index (χ0) is 14.8. The van der Waals surface area contributed by atoms with E-state index >= 15 is 0 Å². The van der Waals surface area contributed by atoms with Crippen LogP contribution in [0.15, 0.2) is 36.4 Å². The molecule has 21 heavy (non-hydrogen) atoms. The Morgan fingerprint density at radius 2 is 2.14 bits per heavy atom. The Hall–Kier alpha value is -2.43. The molecule has 5 heteroatoms. The number of amides is 2. The summed E-state index contributed by atoms with van der Waals surface area (Å²) in [7, 11) is 0. The molecule has 1 aliphatic rings. The second kappa shape index (κ2) is 5.52. The number of pyridine rings is 1. The smallest absolute Gasteiger partial charge is 0.273 e. The fourth-order valence-electron chi connectivity index (χ4n) is 2.70. The van der Waals surface area contributed by atoms with E-state index in [2.05, 4.69) is 10.3 Å². The van der Waals surface area contributed by atoms with Crippen molar-refractivity contribution in [2.24, 2.45) is 0 Å². The molecule has 2 aromatic rings. The molecule has 3 rings (SSSR count). The SMILES string of the molecule is CCC1C(=O)NCCN1C(=O)c1ccc2ccccc2n1. The molecule has 0 bridgehead atoms. The minimum Gasteiger partial charge on any atom is -0.353 e. The number of aromatic nitrogens is 1. The van der Waals surface area contributed by atoms with Gasteiger partial charge in [-0.05, 0) is 18.6 Å². The normalized spacial score (nSPS) is 18.6. The van der Waals surface area contributed by atoms with E-state index in [1.54, 1.807) is 11.0 Å². The molecule has 0 saturated carbocycles. The van der Waals surface area contributed by atoms with Crippen LogP contribution in [0.4, 0.5) is 0 Å². The van der Waals surface area contributed by atoms with Crippen molar-refractivity contribution >= 4 is 22.7 Å². The number of hydrogen-bond donors (Lipinski definition) is 1. The summed E-state index contributed by atoms with van der Waals surface area (Å²) in [4.78, 5) is 30.5. The van der Waals surface area contributed by atoms with Crippen LogP contribution in [-0.2, 0) is 4.79 Å². The van der Waals surface area contributed by atoms with Crippen LogP contribution in [0, 0.1) is 0 Å². The molecule has 2 amide bonds. The molecule has 0 spiro atoms. The lowest BCUT2D eigenvalue weighted by molar-refractivity contribution is -0.127. The van der Waals surface area contributed by atoms with Gasteiger partial charge in [-0.15, -0.1) is 0 Å². The summed E-state index contributed by atoms with van der Waals surface area (Å²) in [5.41, 5.74) is 1.18. The molecule has 1 N–H and O–H groups in total. The highest BCUT2D eigenvalue weighted by molar-refractivity contribution is 5.98. The number of nitrogens with one attached hydrogen (secondary N) is 1. The number of carbonyl (C=O) groups excluding carboxylic acids is 2. The van der Waals surface area contributed by atoms with Gasteiger partial charge in [0.25, 0.3) is 5.91 Å². The molecule has 1 unspecified atom stereocenters. The highest BCUT2D eigenvalue weighted by atomic mass is 16.2. The second-order valence-corrected chi connectivity index (χ2v) is 5.10. The lowest BCUT2D eigenvalue weighted by Crippen LogP contribution is -2.57. The first kappa shape index (κ1) is 13.5. The third kappa shape index (κ3) is 2.46. The highest BCUT2D eigenvalue weighted by Crippen LogP contribution is 2.16. The number of carbonyl (C=O) groups is 2. The van der Waals surface area contributed by atoms with E-state index in [9.17, 15) is 9.59 Å². The predicted molar refractivity (Wildman–Crippen MR) is 79.9 cm³/mol. The van der Waals surface area contributed by atoms with Gasteiger partial charge >= 0.3 is 0 Å².